The third kappa shape index (κ3) is 3.48. The first-order chi connectivity index (χ1) is 12.3. The van der Waals surface area contributed by atoms with Gasteiger partial charge < -0.3 is 10.6 Å². The average Bonchev–Trinajstić information content (AvgIpc) is 2.92. The number of aliphatic hydroxyl groups is 1. The topological polar surface area (TPSA) is 123 Å². The second-order valence-electron chi connectivity index (χ2n) is 6.38. The predicted molar refractivity (Wildman–Crippen MR) is 101 cm³/mol. The van der Waals surface area contributed by atoms with Crippen molar-refractivity contribution in [1.29, 1.82) is 0 Å². The van der Waals surface area contributed by atoms with E-state index < -0.39 is 16.3 Å². The molecular weight excluding hydrogens is 370 g/mol. The molecule has 1 unspecified atom stereocenters. The quantitative estimate of drug-likeness (QED) is 0.629. The van der Waals surface area contributed by atoms with Gasteiger partial charge in [0.05, 0.1) is 23.8 Å². The second-order valence-corrected chi connectivity index (χ2v) is 8.11. The monoisotopic (exact) mass is 391 g/mol. The summed E-state index contributed by atoms with van der Waals surface area (Å²) in [5, 5.41) is 15.9. The van der Waals surface area contributed by atoms with Gasteiger partial charge in [0.2, 0.25) is 16.3 Å². The van der Waals surface area contributed by atoms with E-state index in [4.69, 9.17) is 0 Å². The normalized spacial score (nSPS) is 18.6. The zero-order chi connectivity index (χ0) is 18.5. The van der Waals surface area contributed by atoms with Crippen molar-refractivity contribution < 1.29 is 24.5 Å². The number of aliphatic hydroxyl groups excluding tert-OH is 1. The number of rotatable bonds is 3. The van der Waals surface area contributed by atoms with Gasteiger partial charge in [-0.15, -0.1) is 10.4 Å². The molecule has 2 aromatic carbocycles. The molecule has 27 heavy (non-hydrogen) atoms. The Morgan fingerprint density at radius 3 is 2.33 bits per heavy atom. The molecule has 0 amide bonds. The van der Waals surface area contributed by atoms with Crippen LogP contribution in [0.1, 0.15) is 5.56 Å². The molecule has 0 spiro atoms. The molecule has 2 aromatic rings. The second kappa shape index (κ2) is 6.83. The van der Waals surface area contributed by atoms with E-state index in [1.54, 1.807) is 11.2 Å². The maximum Gasteiger partial charge on any atom is 0.225 e. The standard InChI is InChI=1S/C17H19N5O3S.H2O/c1-12-7-9-13(10-8-12)21-17(23)16-11-20(19-26(2,24)25)14-5-3-4-6-15(14)22(16)18-21;/h3-11,17-19,23H,1-2H3;1H2. The molecule has 1 fully saturated rings. The third-order valence-electron chi connectivity index (χ3n) is 4.30. The minimum Gasteiger partial charge on any atom is -0.870 e. The van der Waals surface area contributed by atoms with Crippen LogP contribution in [0.4, 0.5) is 17.1 Å². The maximum atomic E-state index is 11.7. The zero-order valence-electron chi connectivity index (χ0n) is 14.8. The van der Waals surface area contributed by atoms with E-state index in [0.29, 0.717) is 11.4 Å². The summed E-state index contributed by atoms with van der Waals surface area (Å²) in [6, 6.07) is 15.2. The number of anilines is 3. The minimum absolute atomic E-state index is 0. The molecule has 10 heteroatoms. The molecular formula is C17H21N5O4S. The number of fused-ring (bicyclic) bond motifs is 3. The lowest BCUT2D eigenvalue weighted by atomic mass is 10.2. The van der Waals surface area contributed by atoms with Crippen LogP contribution in [0.15, 0.2) is 60.4 Å². The van der Waals surface area contributed by atoms with Crippen LogP contribution in [-0.4, -0.2) is 31.5 Å². The Hall–Kier alpha value is -2.63. The van der Waals surface area contributed by atoms with Gasteiger partial charge in [-0.2, -0.15) is 10.0 Å². The first-order valence-electron chi connectivity index (χ1n) is 8.08. The highest BCUT2D eigenvalue weighted by atomic mass is 32.2. The largest absolute Gasteiger partial charge is 0.870 e. The minimum atomic E-state index is -3.48. The molecule has 2 aliphatic rings. The predicted octanol–water partition coefficient (Wildman–Crippen LogP) is -0.0178. The van der Waals surface area contributed by atoms with Crippen molar-refractivity contribution in [2.45, 2.75) is 13.2 Å². The molecule has 4 rings (SSSR count). The number of nitrogens with two attached hydrogens (primary N) is 1. The highest BCUT2D eigenvalue weighted by Gasteiger charge is 2.43. The first kappa shape index (κ1) is 19.1. The smallest absolute Gasteiger partial charge is 0.225 e. The molecule has 5 N–H and O–H groups in total. The molecule has 2 heterocycles. The van der Waals surface area contributed by atoms with E-state index in [9.17, 15) is 13.5 Å². The Kier molecular flexibility index (Phi) is 4.84. The van der Waals surface area contributed by atoms with Crippen molar-refractivity contribution in [3.05, 3.63) is 66.0 Å². The van der Waals surface area contributed by atoms with Crippen molar-refractivity contribution in [3.63, 3.8) is 0 Å². The summed E-state index contributed by atoms with van der Waals surface area (Å²) >= 11 is 0. The lowest BCUT2D eigenvalue weighted by Gasteiger charge is -2.30. The Balaban J connectivity index is 0.00000210. The SMILES string of the molecule is Cc1ccc(N2[NH2+]N3C(=CN(NS(C)(=O)=O)c4ccccc43)C2O)cc1.[OH-]. The van der Waals surface area contributed by atoms with Gasteiger partial charge in [-0.1, -0.05) is 29.8 Å². The fraction of sp³-hybridized carbons (Fsp3) is 0.176. The van der Waals surface area contributed by atoms with Gasteiger partial charge in [-0.05, 0) is 31.2 Å². The van der Waals surface area contributed by atoms with Crippen LogP contribution < -0.4 is 25.4 Å². The van der Waals surface area contributed by atoms with E-state index in [2.05, 4.69) is 4.83 Å². The van der Waals surface area contributed by atoms with E-state index in [1.807, 2.05) is 66.0 Å². The number of benzene rings is 2. The molecule has 0 radical (unpaired) electrons. The summed E-state index contributed by atoms with van der Waals surface area (Å²) in [7, 11) is -3.48. The van der Waals surface area contributed by atoms with Gasteiger partial charge in [0.15, 0.2) is 0 Å². The lowest BCUT2D eigenvalue weighted by Crippen LogP contribution is -2.99. The number of nitrogens with one attached hydrogen (secondary N) is 1. The Morgan fingerprint density at radius 1 is 1.07 bits per heavy atom. The van der Waals surface area contributed by atoms with Crippen molar-refractivity contribution in [2.24, 2.45) is 0 Å². The number of nitrogens with zero attached hydrogens (tertiary/aromatic N) is 3. The molecule has 2 aliphatic heterocycles. The Bertz CT molecular complexity index is 977. The summed E-state index contributed by atoms with van der Waals surface area (Å²) in [4.78, 5) is 2.47. The Morgan fingerprint density at radius 2 is 1.70 bits per heavy atom. The third-order valence-corrected chi connectivity index (χ3v) is 4.83. The number of quaternary nitrogens is 1. The van der Waals surface area contributed by atoms with Crippen molar-refractivity contribution in [3.8, 4) is 0 Å². The molecule has 1 atom stereocenters. The van der Waals surface area contributed by atoms with E-state index >= 15 is 0 Å². The summed E-state index contributed by atoms with van der Waals surface area (Å²) in [6.07, 6.45) is 1.75. The highest BCUT2D eigenvalue weighted by molar-refractivity contribution is 7.88. The highest BCUT2D eigenvalue weighted by Crippen LogP contribution is 2.36. The lowest BCUT2D eigenvalue weighted by molar-refractivity contribution is -0.663. The van der Waals surface area contributed by atoms with E-state index in [0.717, 1.165) is 23.2 Å². The van der Waals surface area contributed by atoms with Crippen LogP contribution in [0.3, 0.4) is 0 Å². The molecule has 144 valence electrons. The van der Waals surface area contributed by atoms with Crippen LogP contribution in [-0.2, 0) is 10.0 Å². The van der Waals surface area contributed by atoms with Crippen molar-refractivity contribution >= 4 is 27.1 Å². The van der Waals surface area contributed by atoms with E-state index in [-0.39, 0.29) is 5.48 Å². The van der Waals surface area contributed by atoms with Crippen LogP contribution in [0.2, 0.25) is 0 Å². The van der Waals surface area contributed by atoms with Crippen molar-refractivity contribution in [1.82, 2.24) is 4.83 Å². The number of hydrogen-bond acceptors (Lipinski definition) is 7. The number of sulfonamides is 1. The van der Waals surface area contributed by atoms with Gasteiger partial charge in [0, 0.05) is 0 Å². The van der Waals surface area contributed by atoms with Crippen LogP contribution in [0.5, 0.6) is 0 Å². The van der Waals surface area contributed by atoms with Gasteiger partial charge in [0.1, 0.15) is 11.4 Å². The number of para-hydroxylation sites is 2. The summed E-state index contributed by atoms with van der Waals surface area (Å²) < 4.78 is 23.4. The molecule has 0 saturated carbocycles. The van der Waals surface area contributed by atoms with E-state index in [1.165, 1.54) is 5.01 Å². The summed E-state index contributed by atoms with van der Waals surface area (Å²) in [5.74, 6) is 0. The fourth-order valence-corrected chi connectivity index (χ4v) is 3.61. The first-order valence-corrected chi connectivity index (χ1v) is 9.97. The van der Waals surface area contributed by atoms with Gasteiger partial charge >= 0.3 is 0 Å². The Labute approximate surface area is 157 Å². The molecule has 0 aliphatic carbocycles. The molecule has 0 bridgehead atoms. The van der Waals surface area contributed by atoms with Crippen LogP contribution >= 0.6 is 0 Å². The summed E-state index contributed by atoms with van der Waals surface area (Å²) in [6.45, 7) is 2.00. The molecule has 9 nitrogen and oxygen atoms in total. The van der Waals surface area contributed by atoms with Crippen LogP contribution in [0.25, 0.3) is 0 Å². The molecule has 1 saturated heterocycles. The summed E-state index contributed by atoms with van der Waals surface area (Å²) in [5.41, 5.74) is 5.80. The van der Waals surface area contributed by atoms with Crippen molar-refractivity contribution in [2.75, 3.05) is 21.3 Å². The van der Waals surface area contributed by atoms with Gasteiger partial charge in [0.25, 0.3) is 0 Å². The number of aryl methyl sites for hydroxylation is 1. The van der Waals surface area contributed by atoms with Crippen LogP contribution in [0, 0.1) is 6.92 Å². The fourth-order valence-electron chi connectivity index (χ4n) is 3.10. The number of hydrazine groups is 1. The van der Waals surface area contributed by atoms with Gasteiger partial charge in [-0.3, -0.25) is 5.01 Å². The average molecular weight is 391 g/mol. The number of hydrogen-bond donors (Lipinski definition) is 3. The molecule has 0 aromatic heterocycles. The maximum absolute atomic E-state index is 11.7. The van der Waals surface area contributed by atoms with Gasteiger partial charge in [-0.25, -0.2) is 8.42 Å². The zero-order valence-corrected chi connectivity index (χ0v) is 15.6.